The zero-order valence-electron chi connectivity index (χ0n) is 10.7. The van der Waals surface area contributed by atoms with E-state index in [2.05, 4.69) is 10.1 Å². The van der Waals surface area contributed by atoms with Crippen LogP contribution in [0.3, 0.4) is 0 Å². The highest BCUT2D eigenvalue weighted by molar-refractivity contribution is 5.74. The summed E-state index contributed by atoms with van der Waals surface area (Å²) in [6.07, 6.45) is 1.26. The van der Waals surface area contributed by atoms with Crippen molar-refractivity contribution >= 4 is 12.1 Å². The third-order valence-corrected chi connectivity index (χ3v) is 3.08. The van der Waals surface area contributed by atoms with Crippen molar-refractivity contribution in [3.63, 3.8) is 0 Å². The molecule has 0 saturated carbocycles. The van der Waals surface area contributed by atoms with Gasteiger partial charge in [0.15, 0.2) is 0 Å². The first-order valence-corrected chi connectivity index (χ1v) is 5.93. The minimum atomic E-state index is -0.291. The molecule has 0 atom stereocenters. The fourth-order valence-electron chi connectivity index (χ4n) is 1.76. The molecule has 17 heavy (non-hydrogen) atoms. The van der Waals surface area contributed by atoms with E-state index in [1.165, 1.54) is 7.11 Å². The minimum absolute atomic E-state index is 0.0518. The molecule has 1 fully saturated rings. The fourth-order valence-corrected chi connectivity index (χ4v) is 1.76. The maximum Gasteiger partial charge on any atom is 0.409 e. The molecule has 0 spiro atoms. The van der Waals surface area contributed by atoms with Crippen LogP contribution in [0.1, 0.15) is 19.8 Å². The maximum absolute atomic E-state index is 11.6. The zero-order valence-corrected chi connectivity index (χ0v) is 10.7. The summed E-state index contributed by atoms with van der Waals surface area (Å²) in [7, 11) is 3.14. The monoisotopic (exact) mass is 243 g/mol. The van der Waals surface area contributed by atoms with Gasteiger partial charge in [0, 0.05) is 32.7 Å². The van der Waals surface area contributed by atoms with E-state index in [0.29, 0.717) is 19.6 Å². The van der Waals surface area contributed by atoms with Crippen molar-refractivity contribution < 1.29 is 14.3 Å². The number of amides is 3. The summed E-state index contributed by atoms with van der Waals surface area (Å²) < 4.78 is 4.65. The largest absolute Gasteiger partial charge is 0.453 e. The molecular weight excluding hydrogens is 222 g/mol. The Hall–Kier alpha value is -1.46. The number of rotatable bonds is 2. The average molecular weight is 243 g/mol. The molecule has 98 valence electrons. The second kappa shape index (κ2) is 6.32. The molecule has 1 heterocycles. The van der Waals surface area contributed by atoms with E-state index in [-0.39, 0.29) is 18.2 Å². The van der Waals surface area contributed by atoms with Crippen molar-refractivity contribution in [3.8, 4) is 0 Å². The van der Waals surface area contributed by atoms with Crippen LogP contribution in [-0.4, -0.2) is 61.8 Å². The Labute approximate surface area is 102 Å². The maximum atomic E-state index is 11.6. The number of hydrogen-bond donors (Lipinski definition) is 1. The second-order valence-electron chi connectivity index (χ2n) is 4.20. The van der Waals surface area contributed by atoms with Gasteiger partial charge in [-0.1, -0.05) is 0 Å². The summed E-state index contributed by atoms with van der Waals surface area (Å²) in [6.45, 7) is 3.88. The third kappa shape index (κ3) is 3.80. The van der Waals surface area contributed by atoms with Gasteiger partial charge < -0.3 is 19.9 Å². The average Bonchev–Trinajstić information content (AvgIpc) is 2.37. The number of methoxy groups -OCH3 is 1. The van der Waals surface area contributed by atoms with Crippen LogP contribution in [0.5, 0.6) is 0 Å². The molecule has 0 radical (unpaired) electrons. The lowest BCUT2D eigenvalue weighted by molar-refractivity contribution is 0.110. The Balaban J connectivity index is 2.32. The summed E-state index contributed by atoms with van der Waals surface area (Å²) in [5, 5.41) is 2.96. The molecule has 1 saturated heterocycles. The van der Waals surface area contributed by atoms with Gasteiger partial charge in [-0.25, -0.2) is 9.59 Å². The molecule has 0 aliphatic carbocycles. The van der Waals surface area contributed by atoms with Crippen LogP contribution >= 0.6 is 0 Å². The van der Waals surface area contributed by atoms with Crippen LogP contribution < -0.4 is 5.32 Å². The van der Waals surface area contributed by atoms with E-state index in [1.807, 2.05) is 6.92 Å². The molecule has 6 heteroatoms. The molecule has 0 unspecified atom stereocenters. The van der Waals surface area contributed by atoms with Crippen LogP contribution in [0.4, 0.5) is 9.59 Å². The van der Waals surface area contributed by atoms with Crippen molar-refractivity contribution in [2.45, 2.75) is 25.8 Å². The molecule has 1 rings (SSSR count). The fraction of sp³-hybridized carbons (Fsp3) is 0.818. The Bertz CT molecular complexity index is 275. The lowest BCUT2D eigenvalue weighted by Gasteiger charge is -2.32. The van der Waals surface area contributed by atoms with Gasteiger partial charge in [-0.2, -0.15) is 0 Å². The summed E-state index contributed by atoms with van der Waals surface area (Å²) in [5.74, 6) is 0. The van der Waals surface area contributed by atoms with Gasteiger partial charge in [0.25, 0.3) is 0 Å². The van der Waals surface area contributed by atoms with Gasteiger partial charge in [-0.3, -0.25) is 0 Å². The van der Waals surface area contributed by atoms with Gasteiger partial charge in [-0.05, 0) is 19.8 Å². The second-order valence-corrected chi connectivity index (χ2v) is 4.20. The van der Waals surface area contributed by atoms with Crippen LogP contribution in [0.15, 0.2) is 0 Å². The Morgan fingerprint density at radius 3 is 2.47 bits per heavy atom. The van der Waals surface area contributed by atoms with Gasteiger partial charge in [0.1, 0.15) is 0 Å². The highest BCUT2D eigenvalue weighted by Gasteiger charge is 2.24. The summed E-state index contributed by atoms with van der Waals surface area (Å²) in [5.41, 5.74) is 0. The van der Waals surface area contributed by atoms with Crippen LogP contribution in [0, 0.1) is 0 Å². The molecule has 1 aliphatic rings. The predicted molar refractivity (Wildman–Crippen MR) is 63.8 cm³/mol. The number of piperidine rings is 1. The predicted octanol–water partition coefficient (Wildman–Crippen LogP) is 0.878. The molecule has 3 amide bonds. The van der Waals surface area contributed by atoms with Gasteiger partial charge in [0.05, 0.1) is 7.11 Å². The molecule has 0 aromatic rings. The number of carbonyl (C=O) groups is 2. The number of urea groups is 1. The van der Waals surface area contributed by atoms with Crippen molar-refractivity contribution in [2.75, 3.05) is 33.8 Å². The molecular formula is C11H21N3O3. The first-order valence-electron chi connectivity index (χ1n) is 5.93. The summed E-state index contributed by atoms with van der Waals surface area (Å²) in [6, 6.07) is 0.0985. The first-order chi connectivity index (χ1) is 8.08. The molecule has 1 aliphatic heterocycles. The Morgan fingerprint density at radius 1 is 1.41 bits per heavy atom. The van der Waals surface area contributed by atoms with E-state index in [0.717, 1.165) is 12.8 Å². The summed E-state index contributed by atoms with van der Waals surface area (Å²) in [4.78, 5) is 26.2. The highest BCUT2D eigenvalue weighted by Crippen LogP contribution is 2.11. The number of nitrogens with zero attached hydrogens (tertiary/aromatic N) is 2. The normalized spacial score (nSPS) is 16.5. The standard InChI is InChI=1S/C11H21N3O3/c1-4-13(2)10(15)12-9-5-7-14(8-6-9)11(16)17-3/h9H,4-8H2,1-3H3,(H,12,15). The Morgan fingerprint density at radius 2 is 2.00 bits per heavy atom. The van der Waals surface area contributed by atoms with E-state index in [9.17, 15) is 9.59 Å². The smallest absolute Gasteiger partial charge is 0.409 e. The molecule has 6 nitrogen and oxygen atoms in total. The van der Waals surface area contributed by atoms with Crippen LogP contribution in [0.25, 0.3) is 0 Å². The molecule has 0 aromatic carbocycles. The quantitative estimate of drug-likeness (QED) is 0.783. The van der Waals surface area contributed by atoms with Crippen molar-refractivity contribution in [3.05, 3.63) is 0 Å². The van der Waals surface area contributed by atoms with E-state index in [4.69, 9.17) is 0 Å². The molecule has 0 aromatic heterocycles. The number of carbonyl (C=O) groups excluding carboxylic acids is 2. The SMILES string of the molecule is CCN(C)C(=O)NC1CCN(C(=O)OC)CC1. The lowest BCUT2D eigenvalue weighted by atomic mass is 10.1. The number of likely N-dealkylation sites (tertiary alicyclic amines) is 1. The number of nitrogens with one attached hydrogen (secondary N) is 1. The van der Waals surface area contributed by atoms with Crippen molar-refractivity contribution in [1.29, 1.82) is 0 Å². The van der Waals surface area contributed by atoms with Crippen molar-refractivity contribution in [1.82, 2.24) is 15.1 Å². The first kappa shape index (κ1) is 13.6. The number of hydrogen-bond acceptors (Lipinski definition) is 3. The summed E-state index contributed by atoms with van der Waals surface area (Å²) >= 11 is 0. The van der Waals surface area contributed by atoms with Crippen LogP contribution in [-0.2, 0) is 4.74 Å². The minimum Gasteiger partial charge on any atom is -0.453 e. The van der Waals surface area contributed by atoms with E-state index in [1.54, 1.807) is 16.8 Å². The van der Waals surface area contributed by atoms with Crippen molar-refractivity contribution in [2.24, 2.45) is 0 Å². The zero-order chi connectivity index (χ0) is 12.8. The highest BCUT2D eigenvalue weighted by atomic mass is 16.5. The topological polar surface area (TPSA) is 61.9 Å². The Kier molecular flexibility index (Phi) is 5.06. The van der Waals surface area contributed by atoms with Gasteiger partial charge in [-0.15, -0.1) is 0 Å². The molecule has 1 N–H and O–H groups in total. The third-order valence-electron chi connectivity index (χ3n) is 3.08. The molecule has 0 bridgehead atoms. The number of ether oxygens (including phenoxy) is 1. The van der Waals surface area contributed by atoms with Gasteiger partial charge >= 0.3 is 12.1 Å². The lowest BCUT2D eigenvalue weighted by Crippen LogP contribution is -2.49. The van der Waals surface area contributed by atoms with E-state index < -0.39 is 0 Å². The van der Waals surface area contributed by atoms with E-state index >= 15 is 0 Å². The van der Waals surface area contributed by atoms with Crippen LogP contribution in [0.2, 0.25) is 0 Å². The van der Waals surface area contributed by atoms with Gasteiger partial charge in [0.2, 0.25) is 0 Å².